The van der Waals surface area contributed by atoms with Gasteiger partial charge in [-0.2, -0.15) is 11.8 Å². The molecule has 1 aliphatic heterocycles. The second kappa shape index (κ2) is 3.60. The van der Waals surface area contributed by atoms with Crippen molar-refractivity contribution in [3.63, 3.8) is 0 Å². The molecule has 0 bridgehead atoms. The molecule has 1 aliphatic rings. The van der Waals surface area contributed by atoms with Gasteiger partial charge in [-0.25, -0.2) is 0 Å². The molecule has 60 valence electrons. The van der Waals surface area contributed by atoms with Crippen molar-refractivity contribution < 1.29 is 9.84 Å². The molecule has 1 saturated heterocycles. The molecular formula is C7H14O2S. The van der Waals surface area contributed by atoms with Crippen molar-refractivity contribution in [2.45, 2.75) is 6.92 Å². The molecule has 2 nitrogen and oxygen atoms in total. The summed E-state index contributed by atoms with van der Waals surface area (Å²) in [5, 5.41) is 8.50. The highest BCUT2D eigenvalue weighted by Gasteiger charge is 2.32. The van der Waals surface area contributed by atoms with E-state index in [2.05, 4.69) is 6.92 Å². The molecule has 1 rings (SSSR count). The van der Waals surface area contributed by atoms with Gasteiger partial charge in [-0.3, -0.25) is 0 Å². The van der Waals surface area contributed by atoms with E-state index in [-0.39, 0.29) is 0 Å². The molecule has 0 saturated carbocycles. The van der Waals surface area contributed by atoms with Crippen LogP contribution in [0.2, 0.25) is 0 Å². The van der Waals surface area contributed by atoms with Crippen LogP contribution in [-0.4, -0.2) is 36.4 Å². The van der Waals surface area contributed by atoms with Crippen LogP contribution in [0.25, 0.3) is 0 Å². The summed E-state index contributed by atoms with van der Waals surface area (Å²) >= 11 is 1.81. The first-order chi connectivity index (χ1) is 4.77. The Labute approximate surface area is 66.0 Å². The minimum absolute atomic E-state index is 0.293. The van der Waals surface area contributed by atoms with Gasteiger partial charge in [-0.15, -0.1) is 0 Å². The van der Waals surface area contributed by atoms with Crippen molar-refractivity contribution in [2.24, 2.45) is 5.41 Å². The van der Waals surface area contributed by atoms with E-state index in [0.29, 0.717) is 12.0 Å². The molecule has 0 unspecified atom stereocenters. The lowest BCUT2D eigenvalue weighted by Crippen LogP contribution is -2.41. The Morgan fingerprint density at radius 1 is 1.60 bits per heavy atom. The van der Waals surface area contributed by atoms with Crippen molar-refractivity contribution in [3.05, 3.63) is 0 Å². The van der Waals surface area contributed by atoms with Crippen molar-refractivity contribution in [1.29, 1.82) is 0 Å². The number of hydrogen-bond donors (Lipinski definition) is 1. The van der Waals surface area contributed by atoms with E-state index in [9.17, 15) is 0 Å². The lowest BCUT2D eigenvalue weighted by atomic mass is 9.92. The average molecular weight is 162 g/mol. The third kappa shape index (κ3) is 2.15. The molecule has 0 radical (unpaired) electrons. The molecular weight excluding hydrogens is 148 g/mol. The molecule has 1 N–H and O–H groups in total. The van der Waals surface area contributed by atoms with Crippen molar-refractivity contribution in [3.8, 4) is 0 Å². The molecule has 1 heterocycles. The first-order valence-corrected chi connectivity index (χ1v) is 4.69. The van der Waals surface area contributed by atoms with Gasteiger partial charge in [0.25, 0.3) is 0 Å². The second-order valence-electron chi connectivity index (χ2n) is 3.08. The molecule has 0 aromatic heterocycles. The van der Waals surface area contributed by atoms with Gasteiger partial charge in [0.05, 0.1) is 19.8 Å². The van der Waals surface area contributed by atoms with Crippen LogP contribution in [-0.2, 0) is 4.74 Å². The van der Waals surface area contributed by atoms with Gasteiger partial charge in [0.2, 0.25) is 0 Å². The highest BCUT2D eigenvalue weighted by molar-refractivity contribution is 7.99. The van der Waals surface area contributed by atoms with Crippen LogP contribution in [0.5, 0.6) is 0 Å². The summed E-state index contributed by atoms with van der Waals surface area (Å²) < 4.78 is 5.09. The van der Waals surface area contributed by atoms with Crippen LogP contribution >= 0.6 is 11.8 Å². The highest BCUT2D eigenvalue weighted by Crippen LogP contribution is 2.30. The van der Waals surface area contributed by atoms with E-state index in [0.717, 1.165) is 24.7 Å². The molecule has 0 aromatic carbocycles. The predicted molar refractivity (Wildman–Crippen MR) is 43.3 cm³/mol. The van der Waals surface area contributed by atoms with Gasteiger partial charge in [-0.05, 0) is 0 Å². The van der Waals surface area contributed by atoms with Crippen LogP contribution in [0.1, 0.15) is 6.92 Å². The maximum atomic E-state index is 8.50. The van der Waals surface area contributed by atoms with Crippen LogP contribution in [0.3, 0.4) is 0 Å². The van der Waals surface area contributed by atoms with Crippen LogP contribution in [0.15, 0.2) is 0 Å². The Morgan fingerprint density at radius 3 is 2.70 bits per heavy atom. The van der Waals surface area contributed by atoms with Crippen LogP contribution in [0, 0.1) is 5.41 Å². The molecule has 0 atom stereocenters. The zero-order chi connectivity index (χ0) is 7.45. The average Bonchev–Trinajstić information content (AvgIpc) is 1.85. The Bertz CT molecular complexity index is 102. The third-order valence-electron chi connectivity index (χ3n) is 1.59. The quantitative estimate of drug-likeness (QED) is 0.618. The second-order valence-corrected chi connectivity index (χ2v) is 4.18. The largest absolute Gasteiger partial charge is 0.396 e. The summed E-state index contributed by atoms with van der Waals surface area (Å²) in [5.41, 5.74) is 0.403. The summed E-state index contributed by atoms with van der Waals surface area (Å²) in [4.78, 5) is 0. The number of aliphatic hydroxyl groups excluding tert-OH is 1. The van der Waals surface area contributed by atoms with Crippen LogP contribution < -0.4 is 0 Å². The molecule has 3 heteroatoms. The lowest BCUT2D eigenvalue weighted by Gasteiger charge is -2.37. The van der Waals surface area contributed by atoms with Gasteiger partial charge in [-0.1, -0.05) is 6.92 Å². The Balaban J connectivity index is 2.01. The van der Waals surface area contributed by atoms with Gasteiger partial charge < -0.3 is 9.84 Å². The van der Waals surface area contributed by atoms with Crippen LogP contribution in [0.4, 0.5) is 0 Å². The fourth-order valence-corrected chi connectivity index (χ4v) is 1.85. The first kappa shape index (κ1) is 8.37. The van der Waals surface area contributed by atoms with Gasteiger partial charge in [0.1, 0.15) is 0 Å². The Kier molecular flexibility index (Phi) is 3.01. The number of aliphatic hydroxyl groups is 1. The number of hydrogen-bond acceptors (Lipinski definition) is 3. The van der Waals surface area contributed by atoms with Crippen molar-refractivity contribution in [2.75, 3.05) is 31.3 Å². The smallest absolute Gasteiger partial charge is 0.0550 e. The number of thioether (sulfide) groups is 1. The fourth-order valence-electron chi connectivity index (χ4n) is 0.917. The SMILES string of the molecule is CC1(CSCCO)COC1. The standard InChI is InChI=1S/C7H14O2S/c1-7(4-9-5-7)6-10-3-2-8/h8H,2-6H2,1H3. The maximum absolute atomic E-state index is 8.50. The third-order valence-corrected chi connectivity index (χ3v) is 2.96. The van der Waals surface area contributed by atoms with Crippen molar-refractivity contribution >= 4 is 11.8 Å². The molecule has 10 heavy (non-hydrogen) atoms. The van der Waals surface area contributed by atoms with E-state index >= 15 is 0 Å². The highest BCUT2D eigenvalue weighted by atomic mass is 32.2. The number of ether oxygens (including phenoxy) is 1. The minimum atomic E-state index is 0.293. The molecule has 0 aliphatic carbocycles. The van der Waals surface area contributed by atoms with Crippen molar-refractivity contribution in [1.82, 2.24) is 0 Å². The van der Waals surface area contributed by atoms with E-state index in [1.807, 2.05) is 0 Å². The van der Waals surface area contributed by atoms with Gasteiger partial charge in [0.15, 0.2) is 0 Å². The maximum Gasteiger partial charge on any atom is 0.0550 e. The summed E-state index contributed by atoms with van der Waals surface area (Å²) in [6.45, 7) is 4.30. The summed E-state index contributed by atoms with van der Waals surface area (Å²) in [6, 6.07) is 0. The van der Waals surface area contributed by atoms with Gasteiger partial charge in [0, 0.05) is 16.9 Å². The summed E-state index contributed by atoms with van der Waals surface area (Å²) in [5.74, 6) is 1.98. The number of rotatable bonds is 4. The van der Waals surface area contributed by atoms with E-state index in [1.165, 1.54) is 0 Å². The Morgan fingerprint density at radius 2 is 2.30 bits per heavy atom. The molecule has 0 amide bonds. The summed E-state index contributed by atoms with van der Waals surface area (Å²) in [6.07, 6.45) is 0. The van der Waals surface area contributed by atoms with E-state index < -0.39 is 0 Å². The Hall–Kier alpha value is 0.270. The summed E-state index contributed by atoms with van der Waals surface area (Å²) in [7, 11) is 0. The van der Waals surface area contributed by atoms with E-state index in [1.54, 1.807) is 11.8 Å². The molecule has 0 spiro atoms. The lowest BCUT2D eigenvalue weighted by molar-refractivity contribution is -0.0861. The molecule has 0 aromatic rings. The van der Waals surface area contributed by atoms with E-state index in [4.69, 9.17) is 9.84 Å². The monoisotopic (exact) mass is 162 g/mol. The first-order valence-electron chi connectivity index (χ1n) is 3.53. The zero-order valence-electron chi connectivity index (χ0n) is 6.30. The topological polar surface area (TPSA) is 29.5 Å². The predicted octanol–water partition coefficient (Wildman–Crippen LogP) is 0.748. The normalized spacial score (nSPS) is 22.2. The van der Waals surface area contributed by atoms with Gasteiger partial charge >= 0.3 is 0 Å². The minimum Gasteiger partial charge on any atom is -0.396 e. The molecule has 1 fully saturated rings. The zero-order valence-corrected chi connectivity index (χ0v) is 7.12. The fraction of sp³-hybridized carbons (Fsp3) is 1.00.